The molecule has 7 nitrogen and oxygen atoms in total. The zero-order valence-corrected chi connectivity index (χ0v) is 16.1. The fourth-order valence-corrected chi connectivity index (χ4v) is 3.96. The molecule has 8 heteroatoms. The Labute approximate surface area is 169 Å². The Morgan fingerprint density at radius 3 is 2.89 bits per heavy atom. The molecule has 0 bridgehead atoms. The van der Waals surface area contributed by atoms with E-state index in [0.29, 0.717) is 18.2 Å². The molecule has 0 saturated carbocycles. The summed E-state index contributed by atoms with van der Waals surface area (Å²) in [6.45, 7) is 4.00. The number of pyridine rings is 1. The number of nitriles is 1. The monoisotopic (exact) mass is 396 g/mol. The fourth-order valence-electron chi connectivity index (χ4n) is 3.96. The number of rotatable bonds is 3. The zero-order valence-electron chi connectivity index (χ0n) is 15.3. The second-order valence-electron chi connectivity index (χ2n) is 7.01. The zero-order chi connectivity index (χ0) is 18.2. The predicted octanol–water partition coefficient (Wildman–Crippen LogP) is 1.95. The molecule has 1 N–H and O–H groups in total. The van der Waals surface area contributed by atoms with Crippen molar-refractivity contribution in [1.29, 1.82) is 5.26 Å². The lowest BCUT2D eigenvalue weighted by atomic mass is 10.2. The van der Waals surface area contributed by atoms with Crippen molar-refractivity contribution in [2.24, 2.45) is 0 Å². The van der Waals surface area contributed by atoms with Crippen LogP contribution in [0.25, 0.3) is 11.0 Å². The first kappa shape index (κ1) is 18.7. The quantitative estimate of drug-likeness (QED) is 0.729. The van der Waals surface area contributed by atoms with E-state index in [0.717, 1.165) is 48.9 Å². The second kappa shape index (κ2) is 7.76. The summed E-state index contributed by atoms with van der Waals surface area (Å²) in [5.74, 6) is 0.946. The van der Waals surface area contributed by atoms with Crippen LogP contribution in [0, 0.1) is 11.3 Å². The smallest absolute Gasteiger partial charge is 0.207 e. The maximum absolute atomic E-state index is 8.99. The van der Waals surface area contributed by atoms with E-state index >= 15 is 0 Å². The molecule has 28 heavy (non-hydrogen) atoms. The van der Waals surface area contributed by atoms with Crippen molar-refractivity contribution < 1.29 is 4.74 Å². The third-order valence-electron chi connectivity index (χ3n) is 5.30. The van der Waals surface area contributed by atoms with Gasteiger partial charge in [0.2, 0.25) is 5.95 Å². The van der Waals surface area contributed by atoms with Gasteiger partial charge in [-0.05, 0) is 24.3 Å². The number of ether oxygens (including phenoxy) is 1. The van der Waals surface area contributed by atoms with Crippen LogP contribution in [0.1, 0.15) is 11.3 Å². The first-order chi connectivity index (χ1) is 13.3. The lowest BCUT2D eigenvalue weighted by molar-refractivity contribution is 0.0212. The van der Waals surface area contributed by atoms with Gasteiger partial charge in [-0.3, -0.25) is 4.98 Å². The molecular formula is C20H21ClN6O. The minimum atomic E-state index is 0. The topological polar surface area (TPSA) is 79.0 Å². The Hall–Kier alpha value is -2.66. The molecule has 2 fully saturated rings. The number of fused-ring (bicyclic) bond motifs is 2. The van der Waals surface area contributed by atoms with E-state index in [1.807, 2.05) is 30.3 Å². The first-order valence-electron chi connectivity index (χ1n) is 9.22. The number of anilines is 1. The molecule has 2 atom stereocenters. The molecule has 4 heterocycles. The van der Waals surface area contributed by atoms with Gasteiger partial charge in [-0.1, -0.05) is 12.1 Å². The molecule has 0 aliphatic carbocycles. The van der Waals surface area contributed by atoms with Gasteiger partial charge in [0.25, 0.3) is 0 Å². The largest absolute Gasteiger partial charge is 0.373 e. The lowest BCUT2D eigenvalue weighted by Crippen LogP contribution is -2.47. The SMILES string of the molecule is Cl.N#Cc1ccc(Cn2c(N3C[C@@H]4OCCN[C@@H]4C3)nc3ccccc32)nc1. The van der Waals surface area contributed by atoms with Crippen molar-refractivity contribution in [3.63, 3.8) is 0 Å². The van der Waals surface area contributed by atoms with Crippen LogP contribution in [0.15, 0.2) is 42.6 Å². The average Bonchev–Trinajstić information content (AvgIpc) is 3.30. The lowest BCUT2D eigenvalue weighted by Gasteiger charge is -2.25. The number of benzene rings is 1. The van der Waals surface area contributed by atoms with E-state index in [4.69, 9.17) is 15.0 Å². The van der Waals surface area contributed by atoms with E-state index in [9.17, 15) is 0 Å². The van der Waals surface area contributed by atoms with Crippen molar-refractivity contribution in [2.45, 2.75) is 18.7 Å². The third kappa shape index (κ3) is 3.31. The Morgan fingerprint density at radius 1 is 1.21 bits per heavy atom. The molecule has 3 aromatic rings. The van der Waals surface area contributed by atoms with E-state index in [-0.39, 0.29) is 18.5 Å². The molecule has 1 aromatic carbocycles. The third-order valence-corrected chi connectivity index (χ3v) is 5.30. The molecule has 144 valence electrons. The molecule has 0 spiro atoms. The Balaban J connectivity index is 0.00000192. The van der Waals surface area contributed by atoms with E-state index in [1.54, 1.807) is 6.20 Å². The van der Waals surface area contributed by atoms with Gasteiger partial charge in [-0.25, -0.2) is 4.98 Å². The number of morpholine rings is 1. The van der Waals surface area contributed by atoms with Crippen LogP contribution in [0.4, 0.5) is 5.95 Å². The van der Waals surface area contributed by atoms with E-state index < -0.39 is 0 Å². The van der Waals surface area contributed by atoms with Gasteiger partial charge in [0.15, 0.2) is 0 Å². The number of imidazole rings is 1. The summed E-state index contributed by atoms with van der Waals surface area (Å²) < 4.78 is 8.14. The summed E-state index contributed by atoms with van der Waals surface area (Å²) in [7, 11) is 0. The molecule has 0 radical (unpaired) electrons. The molecule has 2 aromatic heterocycles. The fraction of sp³-hybridized carbons (Fsp3) is 0.350. The van der Waals surface area contributed by atoms with Gasteiger partial charge < -0.3 is 19.5 Å². The van der Waals surface area contributed by atoms with Crippen LogP contribution in [0.5, 0.6) is 0 Å². The number of nitrogens with zero attached hydrogens (tertiary/aromatic N) is 5. The van der Waals surface area contributed by atoms with Gasteiger partial charge >= 0.3 is 0 Å². The highest BCUT2D eigenvalue weighted by Gasteiger charge is 2.37. The Morgan fingerprint density at radius 2 is 2.11 bits per heavy atom. The van der Waals surface area contributed by atoms with Crippen LogP contribution < -0.4 is 10.2 Å². The van der Waals surface area contributed by atoms with Crippen molar-refractivity contribution in [2.75, 3.05) is 31.1 Å². The number of hydrogen-bond donors (Lipinski definition) is 1. The van der Waals surface area contributed by atoms with Crippen molar-refractivity contribution >= 4 is 29.4 Å². The van der Waals surface area contributed by atoms with Gasteiger partial charge in [0.1, 0.15) is 6.07 Å². The summed E-state index contributed by atoms with van der Waals surface area (Å²) >= 11 is 0. The van der Waals surface area contributed by atoms with Crippen LogP contribution in [0.3, 0.4) is 0 Å². The average molecular weight is 397 g/mol. The highest BCUT2D eigenvalue weighted by Crippen LogP contribution is 2.28. The molecule has 2 aliphatic heterocycles. The van der Waals surface area contributed by atoms with E-state index in [1.165, 1.54) is 0 Å². The number of nitrogens with one attached hydrogen (secondary N) is 1. The maximum atomic E-state index is 8.99. The molecule has 5 rings (SSSR count). The summed E-state index contributed by atoms with van der Waals surface area (Å²) in [5.41, 5.74) is 3.54. The normalized spacial score (nSPS) is 21.2. The molecule has 2 aliphatic rings. The molecular weight excluding hydrogens is 376 g/mol. The van der Waals surface area contributed by atoms with Gasteiger partial charge in [0, 0.05) is 25.8 Å². The second-order valence-corrected chi connectivity index (χ2v) is 7.01. The van der Waals surface area contributed by atoms with Gasteiger partial charge in [0.05, 0.1) is 47.6 Å². The molecule has 0 amide bonds. The summed E-state index contributed by atoms with van der Waals surface area (Å²) in [4.78, 5) is 11.7. The minimum absolute atomic E-state index is 0. The van der Waals surface area contributed by atoms with Crippen LogP contribution in [-0.2, 0) is 11.3 Å². The maximum Gasteiger partial charge on any atom is 0.207 e. The van der Waals surface area contributed by atoms with E-state index in [2.05, 4.69) is 31.9 Å². The number of para-hydroxylation sites is 2. The summed E-state index contributed by atoms with van der Waals surface area (Å²) in [5, 5.41) is 12.5. The first-order valence-corrected chi connectivity index (χ1v) is 9.22. The summed E-state index contributed by atoms with van der Waals surface area (Å²) in [6.07, 6.45) is 1.83. The summed E-state index contributed by atoms with van der Waals surface area (Å²) in [6, 6.07) is 14.4. The van der Waals surface area contributed by atoms with Gasteiger partial charge in [-0.15, -0.1) is 12.4 Å². The highest BCUT2D eigenvalue weighted by molar-refractivity contribution is 5.85. The standard InChI is InChI=1S/C20H20N6O.ClH/c21-9-14-5-6-15(23-10-14)11-26-18-4-2-1-3-16(18)24-20(26)25-12-17-19(13-25)27-8-7-22-17;/h1-6,10,17,19,22H,7-8,11-13H2;1H/t17-,19+;/m1./s1. The van der Waals surface area contributed by atoms with Crippen LogP contribution >= 0.6 is 12.4 Å². The number of hydrogen-bond acceptors (Lipinski definition) is 6. The van der Waals surface area contributed by atoms with Gasteiger partial charge in [-0.2, -0.15) is 5.26 Å². The minimum Gasteiger partial charge on any atom is -0.373 e. The Bertz CT molecular complexity index is 998. The highest BCUT2D eigenvalue weighted by atomic mass is 35.5. The van der Waals surface area contributed by atoms with Crippen molar-refractivity contribution in [1.82, 2.24) is 19.9 Å². The van der Waals surface area contributed by atoms with Crippen LogP contribution in [0.2, 0.25) is 0 Å². The molecule has 0 unspecified atom stereocenters. The Kier molecular flexibility index (Phi) is 5.18. The van der Waals surface area contributed by atoms with Crippen LogP contribution in [-0.4, -0.2) is 52.9 Å². The number of halogens is 1. The number of aromatic nitrogens is 3. The van der Waals surface area contributed by atoms with Crippen molar-refractivity contribution in [3.8, 4) is 6.07 Å². The van der Waals surface area contributed by atoms with Crippen molar-refractivity contribution in [3.05, 3.63) is 53.9 Å². The molecule has 2 saturated heterocycles. The predicted molar refractivity (Wildman–Crippen MR) is 109 cm³/mol.